The third-order valence-corrected chi connectivity index (χ3v) is 2.64. The Hall–Kier alpha value is -2.94. The van der Waals surface area contributed by atoms with Crippen molar-refractivity contribution in [1.82, 2.24) is 4.98 Å². The maximum Gasteiger partial charge on any atom is 0.311 e. The predicted molar refractivity (Wildman–Crippen MR) is 73.5 cm³/mol. The number of hydrogen-bond acceptors (Lipinski definition) is 7. The number of rotatable bonds is 4. The van der Waals surface area contributed by atoms with Gasteiger partial charge in [-0.1, -0.05) is 11.6 Å². The van der Waals surface area contributed by atoms with Crippen molar-refractivity contribution in [2.75, 3.05) is 5.73 Å². The minimum atomic E-state index is -0.700. The fraction of sp³-hybridized carbons (Fsp3) is 0. The summed E-state index contributed by atoms with van der Waals surface area (Å²) >= 11 is 5.75. The molecule has 21 heavy (non-hydrogen) atoms. The maximum absolute atomic E-state index is 10.9. The molecule has 2 aromatic rings. The van der Waals surface area contributed by atoms with Crippen molar-refractivity contribution < 1.29 is 14.6 Å². The zero-order valence-corrected chi connectivity index (χ0v) is 11.0. The van der Waals surface area contributed by atoms with Gasteiger partial charge >= 0.3 is 11.4 Å². The number of halogens is 1. The average molecular weight is 311 g/mol. The summed E-state index contributed by atoms with van der Waals surface area (Å²) in [6, 6.07) is 6.02. The van der Waals surface area contributed by atoms with Gasteiger partial charge in [0, 0.05) is 29.3 Å². The largest absolute Gasteiger partial charge is 0.432 e. The van der Waals surface area contributed by atoms with E-state index >= 15 is 0 Å². The topological polar surface area (TPSA) is 134 Å². The quantitative estimate of drug-likeness (QED) is 0.677. The van der Waals surface area contributed by atoms with Gasteiger partial charge in [0.15, 0.2) is 0 Å². The van der Waals surface area contributed by atoms with E-state index in [0.717, 1.165) is 6.07 Å². The smallest absolute Gasteiger partial charge is 0.311 e. The third kappa shape index (κ3) is 3.15. The van der Waals surface area contributed by atoms with Crippen LogP contribution in [0.15, 0.2) is 30.3 Å². The molecule has 0 aliphatic heterocycles. The van der Waals surface area contributed by atoms with Crippen LogP contribution in [0.5, 0.6) is 11.6 Å². The molecule has 10 heteroatoms. The summed E-state index contributed by atoms with van der Waals surface area (Å²) in [5.74, 6) is -0.626. The molecule has 1 aromatic carbocycles. The van der Waals surface area contributed by atoms with E-state index in [0.29, 0.717) is 0 Å². The molecule has 108 valence electrons. The number of anilines is 1. The van der Waals surface area contributed by atoms with Gasteiger partial charge in [0.25, 0.3) is 0 Å². The number of nitro groups is 2. The molecular weight excluding hydrogens is 304 g/mol. The van der Waals surface area contributed by atoms with Crippen LogP contribution in [0.25, 0.3) is 0 Å². The van der Waals surface area contributed by atoms with Crippen molar-refractivity contribution in [3.8, 4) is 11.6 Å². The number of ether oxygens (including phenoxy) is 1. The molecule has 0 bridgehead atoms. The fourth-order valence-electron chi connectivity index (χ4n) is 1.49. The van der Waals surface area contributed by atoms with Gasteiger partial charge in [-0.05, 0) is 6.07 Å². The third-order valence-electron chi connectivity index (χ3n) is 2.41. The molecule has 0 radical (unpaired) electrons. The van der Waals surface area contributed by atoms with E-state index in [1.54, 1.807) is 0 Å². The Morgan fingerprint density at radius 1 is 1.10 bits per heavy atom. The van der Waals surface area contributed by atoms with Crippen LogP contribution in [0, 0.1) is 20.2 Å². The standard InChI is InChI=1S/C11H7ClN4O5/c12-6-1-2-7(15(17)18)9(5-6)21-10-4-3-8(16(19)20)11(13)14-10/h1-5H,(H2,13,14). The van der Waals surface area contributed by atoms with Crippen molar-refractivity contribution in [1.29, 1.82) is 0 Å². The minimum Gasteiger partial charge on any atom is -0.432 e. The summed E-state index contributed by atoms with van der Waals surface area (Å²) in [4.78, 5) is 23.8. The molecule has 0 spiro atoms. The lowest BCUT2D eigenvalue weighted by Crippen LogP contribution is -2.00. The highest BCUT2D eigenvalue weighted by molar-refractivity contribution is 6.30. The number of nitrogens with zero attached hydrogens (tertiary/aromatic N) is 3. The number of aromatic nitrogens is 1. The predicted octanol–water partition coefficient (Wildman–Crippen LogP) is 2.93. The lowest BCUT2D eigenvalue weighted by Gasteiger charge is -2.06. The van der Waals surface area contributed by atoms with E-state index in [2.05, 4.69) is 4.98 Å². The molecule has 1 heterocycles. The van der Waals surface area contributed by atoms with Crippen LogP contribution < -0.4 is 10.5 Å². The molecule has 0 fully saturated rings. The van der Waals surface area contributed by atoms with E-state index in [1.165, 1.54) is 24.3 Å². The lowest BCUT2D eigenvalue weighted by molar-refractivity contribution is -0.385. The summed E-state index contributed by atoms with van der Waals surface area (Å²) < 4.78 is 5.23. The van der Waals surface area contributed by atoms with Gasteiger partial charge in [0.2, 0.25) is 17.4 Å². The van der Waals surface area contributed by atoms with Gasteiger partial charge in [0.1, 0.15) is 0 Å². The molecular formula is C11H7ClN4O5. The van der Waals surface area contributed by atoms with Gasteiger partial charge in [-0.2, -0.15) is 4.98 Å². The number of hydrogen-bond donors (Lipinski definition) is 1. The first-order valence-corrected chi connectivity index (χ1v) is 5.79. The minimum absolute atomic E-state index is 0.122. The van der Waals surface area contributed by atoms with Crippen molar-refractivity contribution >= 4 is 28.8 Å². The van der Waals surface area contributed by atoms with Gasteiger partial charge in [-0.25, -0.2) is 0 Å². The SMILES string of the molecule is Nc1nc(Oc2cc(Cl)ccc2[N+](=O)[O-])ccc1[N+](=O)[O-]. The van der Waals surface area contributed by atoms with Crippen LogP contribution in [0.4, 0.5) is 17.2 Å². The zero-order chi connectivity index (χ0) is 15.6. The highest BCUT2D eigenvalue weighted by Crippen LogP contribution is 2.34. The molecule has 0 unspecified atom stereocenters. The van der Waals surface area contributed by atoms with Gasteiger partial charge in [-0.15, -0.1) is 0 Å². The first kappa shape index (κ1) is 14.5. The Morgan fingerprint density at radius 3 is 2.29 bits per heavy atom. The summed E-state index contributed by atoms with van der Waals surface area (Å²) in [6.07, 6.45) is 0. The Labute approximate surface area is 122 Å². The number of nitrogens with two attached hydrogens (primary N) is 1. The Morgan fingerprint density at radius 2 is 1.71 bits per heavy atom. The van der Waals surface area contributed by atoms with E-state index in [-0.39, 0.29) is 33.8 Å². The van der Waals surface area contributed by atoms with E-state index in [9.17, 15) is 20.2 Å². The maximum atomic E-state index is 10.9. The fourth-order valence-corrected chi connectivity index (χ4v) is 1.66. The molecule has 0 saturated heterocycles. The molecule has 0 atom stereocenters. The first-order valence-electron chi connectivity index (χ1n) is 5.41. The molecule has 2 rings (SSSR count). The lowest BCUT2D eigenvalue weighted by atomic mass is 10.3. The molecule has 1 aromatic heterocycles. The second-order valence-electron chi connectivity index (χ2n) is 3.78. The number of benzene rings is 1. The van der Waals surface area contributed by atoms with Gasteiger partial charge in [0.05, 0.1) is 9.85 Å². The van der Waals surface area contributed by atoms with Crippen LogP contribution >= 0.6 is 11.6 Å². The monoisotopic (exact) mass is 310 g/mol. The number of pyridine rings is 1. The normalized spacial score (nSPS) is 10.1. The van der Waals surface area contributed by atoms with Crippen molar-refractivity contribution in [3.05, 3.63) is 55.6 Å². The highest BCUT2D eigenvalue weighted by atomic mass is 35.5. The Balaban J connectivity index is 2.38. The van der Waals surface area contributed by atoms with E-state index < -0.39 is 9.85 Å². The number of nitrogen functional groups attached to an aromatic ring is 1. The molecule has 9 nitrogen and oxygen atoms in total. The molecule has 0 aliphatic rings. The van der Waals surface area contributed by atoms with Crippen molar-refractivity contribution in [2.45, 2.75) is 0 Å². The molecule has 0 aliphatic carbocycles. The van der Waals surface area contributed by atoms with Crippen LogP contribution in [0.1, 0.15) is 0 Å². The molecule has 0 saturated carbocycles. The van der Waals surface area contributed by atoms with Crippen LogP contribution in [0.2, 0.25) is 5.02 Å². The van der Waals surface area contributed by atoms with Crippen molar-refractivity contribution in [2.24, 2.45) is 0 Å². The zero-order valence-electron chi connectivity index (χ0n) is 10.2. The van der Waals surface area contributed by atoms with Crippen LogP contribution in [0.3, 0.4) is 0 Å². The second kappa shape index (κ2) is 5.59. The second-order valence-corrected chi connectivity index (χ2v) is 4.22. The average Bonchev–Trinajstić information content (AvgIpc) is 2.37. The van der Waals surface area contributed by atoms with E-state index in [1.807, 2.05) is 0 Å². The Kier molecular flexibility index (Phi) is 3.85. The van der Waals surface area contributed by atoms with Gasteiger partial charge in [-0.3, -0.25) is 20.2 Å². The summed E-state index contributed by atoms with van der Waals surface area (Å²) in [7, 11) is 0. The summed E-state index contributed by atoms with van der Waals surface area (Å²) in [5, 5.41) is 21.7. The highest BCUT2D eigenvalue weighted by Gasteiger charge is 2.19. The Bertz CT molecular complexity index is 737. The summed E-state index contributed by atoms with van der Waals surface area (Å²) in [6.45, 7) is 0. The number of nitro benzene ring substituents is 1. The molecule has 2 N–H and O–H groups in total. The summed E-state index contributed by atoms with van der Waals surface area (Å²) in [5.41, 5.74) is 4.70. The van der Waals surface area contributed by atoms with Crippen LogP contribution in [-0.4, -0.2) is 14.8 Å². The first-order chi connectivity index (χ1) is 9.88. The molecule has 0 amide bonds. The van der Waals surface area contributed by atoms with E-state index in [4.69, 9.17) is 22.1 Å². The van der Waals surface area contributed by atoms with Crippen molar-refractivity contribution in [3.63, 3.8) is 0 Å². The van der Waals surface area contributed by atoms with Gasteiger partial charge < -0.3 is 10.5 Å². The van der Waals surface area contributed by atoms with Crippen LogP contribution in [-0.2, 0) is 0 Å².